The highest BCUT2D eigenvalue weighted by atomic mass is 16.4. The summed E-state index contributed by atoms with van der Waals surface area (Å²) in [6, 6.07) is 6.20. The van der Waals surface area contributed by atoms with Crippen molar-refractivity contribution in [3.63, 3.8) is 0 Å². The fraction of sp³-hybridized carbons (Fsp3) is 0.414. The van der Waals surface area contributed by atoms with E-state index in [0.717, 1.165) is 17.7 Å². The standard InChI is InChI=1S/C29H39N5O7/c1-17(2)13-24(29(40)41)34-28(39)23(15-19-7-5-4-6-8-19)33-25(36)16-31-26(37)18(3)32-27(38)22(30)14-20-9-11-21(35)12-10-20/h4-12,17-18,22-24,35H,13-16,30H2,1-3H3,(H,31,37)(H,32,38)(H,33,36)(H,34,39)(H,40,41)/t18-,22+,23+,24-/m1/s1/i9T,10T. The van der Waals surface area contributed by atoms with E-state index < -0.39 is 60.3 Å². The minimum atomic E-state index is -1.20. The van der Waals surface area contributed by atoms with E-state index in [1.165, 1.54) is 6.92 Å². The molecule has 4 amide bonds. The molecule has 0 aliphatic rings. The maximum absolute atomic E-state index is 13.0. The number of amides is 4. The number of hydrogen-bond donors (Lipinski definition) is 7. The van der Waals surface area contributed by atoms with Crippen molar-refractivity contribution in [1.29, 1.82) is 0 Å². The van der Waals surface area contributed by atoms with Gasteiger partial charge in [0.05, 0.1) is 15.3 Å². The van der Waals surface area contributed by atoms with Crippen LogP contribution in [0.2, 0.25) is 0 Å². The van der Waals surface area contributed by atoms with E-state index >= 15 is 0 Å². The zero-order valence-corrected chi connectivity index (χ0v) is 23.3. The first-order valence-corrected chi connectivity index (χ1v) is 13.2. The van der Waals surface area contributed by atoms with Gasteiger partial charge in [0.2, 0.25) is 23.6 Å². The number of carbonyl (C=O) groups excluding carboxylic acids is 4. The number of carboxylic acids is 1. The van der Waals surface area contributed by atoms with Crippen molar-refractivity contribution in [1.82, 2.24) is 21.3 Å². The van der Waals surface area contributed by atoms with E-state index in [4.69, 9.17) is 8.48 Å². The molecule has 0 aliphatic heterocycles. The van der Waals surface area contributed by atoms with Crippen molar-refractivity contribution >= 4 is 29.6 Å². The molecule has 2 aromatic rings. The Hall–Kier alpha value is -4.45. The second-order valence-electron chi connectivity index (χ2n) is 10.1. The first-order chi connectivity index (χ1) is 20.2. The molecule has 0 heterocycles. The topological polar surface area (TPSA) is 200 Å². The second-order valence-corrected chi connectivity index (χ2v) is 10.1. The van der Waals surface area contributed by atoms with Gasteiger partial charge in [0.15, 0.2) is 0 Å². The van der Waals surface area contributed by atoms with Crippen LogP contribution < -0.4 is 27.0 Å². The predicted octanol–water partition coefficient (Wildman–Crippen LogP) is 0.226. The zero-order chi connectivity index (χ0) is 32.3. The Morgan fingerprint density at radius 1 is 0.829 bits per heavy atom. The average Bonchev–Trinajstić information content (AvgIpc) is 2.92. The number of benzene rings is 2. The van der Waals surface area contributed by atoms with Crippen LogP contribution in [0.1, 0.15) is 41.1 Å². The Labute approximate surface area is 241 Å². The molecule has 12 heteroatoms. The number of carbonyl (C=O) groups is 5. The quantitative estimate of drug-likeness (QED) is 0.157. The Kier molecular flexibility index (Phi) is 11.5. The van der Waals surface area contributed by atoms with Gasteiger partial charge in [-0.15, -0.1) is 0 Å². The third kappa shape index (κ3) is 11.7. The van der Waals surface area contributed by atoms with Crippen LogP contribution in [0.25, 0.3) is 0 Å². The third-order valence-electron chi connectivity index (χ3n) is 5.98. The van der Waals surface area contributed by atoms with Crippen LogP contribution >= 0.6 is 0 Å². The molecule has 4 atom stereocenters. The molecule has 0 saturated heterocycles. The summed E-state index contributed by atoms with van der Waals surface area (Å²) in [4.78, 5) is 62.5. The van der Waals surface area contributed by atoms with Crippen molar-refractivity contribution < 1.29 is 36.9 Å². The molecule has 0 fully saturated rings. The van der Waals surface area contributed by atoms with Gasteiger partial charge >= 0.3 is 5.97 Å². The van der Waals surface area contributed by atoms with Crippen molar-refractivity contribution in [2.75, 3.05) is 6.54 Å². The molecule has 0 spiro atoms. The molecule has 2 aromatic carbocycles. The minimum Gasteiger partial charge on any atom is -0.508 e. The molecule has 0 aromatic heterocycles. The number of nitrogens with one attached hydrogen (secondary N) is 4. The Bertz CT molecular complexity index is 1290. The molecule has 0 radical (unpaired) electrons. The summed E-state index contributed by atoms with van der Waals surface area (Å²) in [7, 11) is 0. The van der Waals surface area contributed by atoms with E-state index in [2.05, 4.69) is 21.3 Å². The number of rotatable bonds is 15. The number of nitrogens with two attached hydrogens (primary N) is 1. The number of aromatic hydroxyl groups is 1. The fourth-order valence-corrected chi connectivity index (χ4v) is 3.81. The molecule has 0 saturated carbocycles. The van der Waals surface area contributed by atoms with Crippen molar-refractivity contribution in [3.8, 4) is 5.75 Å². The van der Waals surface area contributed by atoms with Crippen LogP contribution in [-0.2, 0) is 36.8 Å². The Morgan fingerprint density at radius 2 is 1.46 bits per heavy atom. The highest BCUT2D eigenvalue weighted by Crippen LogP contribution is 2.11. The lowest BCUT2D eigenvalue weighted by molar-refractivity contribution is -0.142. The summed E-state index contributed by atoms with van der Waals surface area (Å²) in [6.45, 7) is 4.48. The van der Waals surface area contributed by atoms with Crippen molar-refractivity contribution in [2.24, 2.45) is 11.7 Å². The summed E-state index contributed by atoms with van der Waals surface area (Å²) in [6.07, 6.45) is 0.0943. The van der Waals surface area contributed by atoms with Gasteiger partial charge in [-0.05, 0) is 48.9 Å². The van der Waals surface area contributed by atoms with Gasteiger partial charge in [-0.25, -0.2) is 4.79 Å². The van der Waals surface area contributed by atoms with Crippen LogP contribution in [0.4, 0.5) is 0 Å². The molecule has 41 heavy (non-hydrogen) atoms. The summed E-state index contributed by atoms with van der Waals surface area (Å²) in [5, 5.41) is 28.8. The van der Waals surface area contributed by atoms with Crippen LogP contribution in [0, 0.1) is 5.92 Å². The highest BCUT2D eigenvalue weighted by molar-refractivity contribution is 5.94. The second kappa shape index (κ2) is 16.0. The summed E-state index contributed by atoms with van der Waals surface area (Å²) < 4.78 is 15.8. The molecular formula is C29H39N5O7. The Morgan fingerprint density at radius 3 is 2.05 bits per heavy atom. The molecule has 2 rings (SSSR count). The van der Waals surface area contributed by atoms with Crippen LogP contribution in [-0.4, -0.2) is 70.5 Å². The van der Waals surface area contributed by atoms with Gasteiger partial charge in [0, 0.05) is 6.42 Å². The van der Waals surface area contributed by atoms with Crippen LogP contribution in [0.5, 0.6) is 5.75 Å². The lowest BCUT2D eigenvalue weighted by Gasteiger charge is -2.23. The summed E-state index contributed by atoms with van der Waals surface area (Å²) in [5.41, 5.74) is 6.78. The zero-order valence-electron chi connectivity index (χ0n) is 25.3. The van der Waals surface area contributed by atoms with Gasteiger partial charge in [-0.2, -0.15) is 0 Å². The number of aliphatic carboxylic acids is 1. The molecule has 8 N–H and O–H groups in total. The normalized spacial score (nSPS) is 14.5. The van der Waals surface area contributed by atoms with Crippen LogP contribution in [0.3, 0.4) is 0 Å². The minimum absolute atomic E-state index is 0.00565. The summed E-state index contributed by atoms with van der Waals surface area (Å²) >= 11 is 0. The molecule has 0 bridgehead atoms. The monoisotopic (exact) mass is 573 g/mol. The van der Waals surface area contributed by atoms with Crippen molar-refractivity contribution in [3.05, 3.63) is 65.7 Å². The van der Waals surface area contributed by atoms with E-state index in [-0.39, 0.29) is 48.6 Å². The Balaban J connectivity index is 1.97. The number of phenolic OH excluding ortho intramolecular Hbond substituents is 1. The maximum Gasteiger partial charge on any atom is 0.326 e. The maximum atomic E-state index is 13.0. The fourth-order valence-electron chi connectivity index (χ4n) is 3.81. The van der Waals surface area contributed by atoms with E-state index in [1.54, 1.807) is 30.3 Å². The largest absolute Gasteiger partial charge is 0.508 e. The SMILES string of the molecule is [3H]c1cc(O)cc([3H])c1C[C@H](N)C(=O)N[C@H](C)C(=O)NCC(=O)N[C@@H](Cc1ccccc1)C(=O)N[C@H](CC(C)C)C(=O)O. The van der Waals surface area contributed by atoms with Gasteiger partial charge in [-0.3, -0.25) is 19.2 Å². The third-order valence-corrected chi connectivity index (χ3v) is 5.98. The average molecular weight is 574 g/mol. The van der Waals surface area contributed by atoms with Crippen LogP contribution in [0.15, 0.2) is 54.5 Å². The lowest BCUT2D eigenvalue weighted by Crippen LogP contribution is -2.55. The lowest BCUT2D eigenvalue weighted by atomic mass is 10.0. The van der Waals surface area contributed by atoms with Gasteiger partial charge in [0.25, 0.3) is 0 Å². The molecule has 222 valence electrons. The number of phenols is 1. The van der Waals surface area contributed by atoms with E-state index in [0.29, 0.717) is 0 Å². The van der Waals surface area contributed by atoms with E-state index in [1.807, 2.05) is 13.8 Å². The van der Waals surface area contributed by atoms with Gasteiger partial charge in [-0.1, -0.05) is 56.3 Å². The van der Waals surface area contributed by atoms with Crippen molar-refractivity contribution in [2.45, 2.75) is 64.2 Å². The highest BCUT2D eigenvalue weighted by Gasteiger charge is 2.28. The molecule has 12 nitrogen and oxygen atoms in total. The van der Waals surface area contributed by atoms with Gasteiger partial charge < -0.3 is 37.2 Å². The van der Waals surface area contributed by atoms with E-state index in [9.17, 15) is 34.2 Å². The predicted molar refractivity (Wildman–Crippen MR) is 151 cm³/mol. The molecule has 0 unspecified atom stereocenters. The van der Waals surface area contributed by atoms with Gasteiger partial charge in [0.1, 0.15) is 23.9 Å². The summed E-state index contributed by atoms with van der Waals surface area (Å²) in [5.74, 6) is -4.30. The number of hydrogen-bond acceptors (Lipinski definition) is 7. The molecule has 0 aliphatic carbocycles. The first kappa shape index (κ1) is 29.5. The first-order valence-electron chi connectivity index (χ1n) is 14.2. The molecular weight excluding hydrogens is 530 g/mol. The smallest absolute Gasteiger partial charge is 0.326 e. The number of carboxylic acid groups (broad SMARTS) is 1.